The summed E-state index contributed by atoms with van der Waals surface area (Å²) in [5.41, 5.74) is 0.470. The van der Waals surface area contributed by atoms with Crippen LogP contribution in [0.4, 0.5) is 0 Å². The van der Waals surface area contributed by atoms with E-state index >= 15 is 0 Å². The molecule has 2 fully saturated rings. The summed E-state index contributed by atoms with van der Waals surface area (Å²) in [6.45, 7) is 6.52. The van der Waals surface area contributed by atoms with E-state index in [0.717, 1.165) is 25.0 Å². The van der Waals surface area contributed by atoms with Crippen molar-refractivity contribution >= 4 is 29.4 Å². The molecule has 1 aromatic carbocycles. The smallest absolute Gasteiger partial charge is 0.329 e. The Balaban J connectivity index is 1.78. The molecule has 1 saturated heterocycles. The van der Waals surface area contributed by atoms with Crippen LogP contribution in [-0.4, -0.2) is 41.3 Å². The van der Waals surface area contributed by atoms with Gasteiger partial charge in [0.05, 0.1) is 5.92 Å². The maximum Gasteiger partial charge on any atom is 0.329 e. The first-order chi connectivity index (χ1) is 14.4. The van der Waals surface area contributed by atoms with Crippen LogP contribution in [0.5, 0.6) is 0 Å². The maximum atomic E-state index is 13.3. The van der Waals surface area contributed by atoms with Gasteiger partial charge < -0.3 is 10.1 Å². The Morgan fingerprint density at radius 1 is 1.17 bits per heavy atom. The van der Waals surface area contributed by atoms with Crippen molar-refractivity contribution in [1.29, 1.82) is 0 Å². The zero-order valence-electron chi connectivity index (χ0n) is 18.1. The minimum atomic E-state index is -0.942. The number of rotatable bonds is 6. The van der Waals surface area contributed by atoms with Crippen molar-refractivity contribution in [3.05, 3.63) is 35.9 Å². The third kappa shape index (κ3) is 5.65. The lowest BCUT2D eigenvalue weighted by Gasteiger charge is -2.38. The highest BCUT2D eigenvalue weighted by Crippen LogP contribution is 2.36. The number of Topliss-reactive ketones (excluding diaryl/α,β-unsaturated/α-hetero) is 1. The summed E-state index contributed by atoms with van der Waals surface area (Å²) < 4.78 is 6.02. The lowest BCUT2D eigenvalue weighted by atomic mass is 9.75. The first-order valence-electron chi connectivity index (χ1n) is 11.0. The standard InChI is InChI=1S/C24H33NO4S/c1-15(2)18-10-9-16(3)13-21(18)29-24(28)22(19-14-30-12-11-20(19)26)25-23(27)17-7-5-4-6-8-17/h4-8,15-16,18-19,21-22H,9-14H2,1-3H3,(H,25,27)/t16-,18+,19+,21-,22+/m0/s1. The fourth-order valence-electron chi connectivity index (χ4n) is 4.55. The van der Waals surface area contributed by atoms with Gasteiger partial charge in [-0.05, 0) is 42.7 Å². The molecule has 1 amide bonds. The number of thioether (sulfide) groups is 1. The summed E-state index contributed by atoms with van der Waals surface area (Å²) in [6, 6.07) is 7.85. The van der Waals surface area contributed by atoms with Gasteiger partial charge in [-0.2, -0.15) is 11.8 Å². The van der Waals surface area contributed by atoms with Crippen LogP contribution in [0, 0.1) is 23.7 Å². The van der Waals surface area contributed by atoms with Gasteiger partial charge in [0, 0.05) is 23.5 Å². The molecule has 1 aromatic rings. The number of hydrogen-bond acceptors (Lipinski definition) is 5. The Labute approximate surface area is 183 Å². The number of carbonyl (C=O) groups is 3. The summed E-state index contributed by atoms with van der Waals surface area (Å²) >= 11 is 1.65. The van der Waals surface area contributed by atoms with Crippen LogP contribution in [0.1, 0.15) is 56.8 Å². The number of esters is 1. The van der Waals surface area contributed by atoms with E-state index in [-0.39, 0.29) is 17.8 Å². The number of benzene rings is 1. The van der Waals surface area contributed by atoms with E-state index in [1.54, 1.807) is 36.0 Å². The van der Waals surface area contributed by atoms with Crippen LogP contribution in [0.2, 0.25) is 0 Å². The summed E-state index contributed by atoms with van der Waals surface area (Å²) in [5, 5.41) is 2.83. The lowest BCUT2D eigenvalue weighted by Crippen LogP contribution is -2.52. The number of carbonyl (C=O) groups excluding carboxylic acids is 3. The molecule has 3 rings (SSSR count). The molecule has 2 aliphatic rings. The summed E-state index contributed by atoms with van der Waals surface area (Å²) in [6.07, 6.45) is 3.28. The third-order valence-corrected chi connectivity index (χ3v) is 7.50. The van der Waals surface area contributed by atoms with Gasteiger partial charge in [-0.25, -0.2) is 4.79 Å². The molecule has 6 heteroatoms. The fourth-order valence-corrected chi connectivity index (χ4v) is 5.70. The molecule has 0 radical (unpaired) electrons. The second-order valence-electron chi connectivity index (χ2n) is 9.02. The zero-order chi connectivity index (χ0) is 21.7. The average Bonchev–Trinajstić information content (AvgIpc) is 2.73. The van der Waals surface area contributed by atoms with Gasteiger partial charge in [0.15, 0.2) is 0 Å². The Kier molecular flexibility index (Phi) is 7.98. The largest absolute Gasteiger partial charge is 0.461 e. The van der Waals surface area contributed by atoms with Gasteiger partial charge in [0.25, 0.3) is 5.91 Å². The van der Waals surface area contributed by atoms with E-state index in [1.165, 1.54) is 0 Å². The molecule has 0 spiro atoms. The highest BCUT2D eigenvalue weighted by molar-refractivity contribution is 7.99. The van der Waals surface area contributed by atoms with Crippen LogP contribution in [0.25, 0.3) is 0 Å². The van der Waals surface area contributed by atoms with Gasteiger partial charge in [-0.3, -0.25) is 9.59 Å². The highest BCUT2D eigenvalue weighted by atomic mass is 32.2. The van der Waals surface area contributed by atoms with Gasteiger partial charge in [-0.1, -0.05) is 45.4 Å². The molecule has 0 bridgehead atoms. The second kappa shape index (κ2) is 10.5. The zero-order valence-corrected chi connectivity index (χ0v) is 19.0. The Hall–Kier alpha value is -1.82. The van der Waals surface area contributed by atoms with E-state index in [9.17, 15) is 14.4 Å². The molecule has 30 heavy (non-hydrogen) atoms. The van der Waals surface area contributed by atoms with Crippen molar-refractivity contribution in [3.63, 3.8) is 0 Å². The Bertz CT molecular complexity index is 751. The first kappa shape index (κ1) is 22.9. The van der Waals surface area contributed by atoms with E-state index < -0.39 is 17.9 Å². The van der Waals surface area contributed by atoms with Crippen molar-refractivity contribution in [2.75, 3.05) is 11.5 Å². The Morgan fingerprint density at radius 3 is 2.57 bits per heavy atom. The molecule has 0 aromatic heterocycles. The number of ketones is 1. The molecule has 5 atom stereocenters. The van der Waals surface area contributed by atoms with Crippen LogP contribution in [0.15, 0.2) is 30.3 Å². The van der Waals surface area contributed by atoms with E-state index in [4.69, 9.17) is 4.74 Å². The van der Waals surface area contributed by atoms with Crippen molar-refractivity contribution in [3.8, 4) is 0 Å². The van der Waals surface area contributed by atoms with E-state index in [2.05, 4.69) is 26.1 Å². The molecular formula is C24H33NO4S. The van der Waals surface area contributed by atoms with Gasteiger partial charge in [-0.15, -0.1) is 0 Å². The van der Waals surface area contributed by atoms with Crippen LogP contribution >= 0.6 is 11.8 Å². The van der Waals surface area contributed by atoms with E-state index in [0.29, 0.717) is 35.5 Å². The molecule has 1 saturated carbocycles. The van der Waals surface area contributed by atoms with E-state index in [1.807, 2.05) is 6.07 Å². The van der Waals surface area contributed by atoms with Crippen molar-refractivity contribution in [1.82, 2.24) is 5.32 Å². The first-order valence-corrected chi connectivity index (χ1v) is 12.2. The molecule has 1 aliphatic carbocycles. The predicted octanol–water partition coefficient (Wildman–Crippen LogP) is 4.11. The topological polar surface area (TPSA) is 72.5 Å². The summed E-state index contributed by atoms with van der Waals surface area (Å²) in [4.78, 5) is 38.7. The fraction of sp³-hybridized carbons (Fsp3) is 0.625. The van der Waals surface area contributed by atoms with Gasteiger partial charge in [0.2, 0.25) is 0 Å². The second-order valence-corrected chi connectivity index (χ2v) is 10.2. The minimum absolute atomic E-state index is 0.0292. The number of amides is 1. The predicted molar refractivity (Wildman–Crippen MR) is 119 cm³/mol. The number of ether oxygens (including phenoxy) is 1. The molecule has 0 unspecified atom stereocenters. The average molecular weight is 432 g/mol. The molecular weight excluding hydrogens is 398 g/mol. The molecule has 5 nitrogen and oxygen atoms in total. The SMILES string of the molecule is CC(C)[C@H]1CC[C@H](C)C[C@@H]1OC(=O)[C@H](NC(=O)c1ccccc1)[C@@H]1CSCCC1=O. The monoisotopic (exact) mass is 431 g/mol. The molecule has 1 aliphatic heterocycles. The Morgan fingerprint density at radius 2 is 1.90 bits per heavy atom. The lowest BCUT2D eigenvalue weighted by molar-refractivity contribution is -0.160. The normalized spacial score (nSPS) is 28.1. The minimum Gasteiger partial charge on any atom is -0.461 e. The maximum absolute atomic E-state index is 13.3. The van der Waals surface area contributed by atoms with Gasteiger partial charge in [0.1, 0.15) is 17.9 Å². The molecule has 1 heterocycles. The van der Waals surface area contributed by atoms with Crippen LogP contribution < -0.4 is 5.32 Å². The highest BCUT2D eigenvalue weighted by Gasteiger charge is 2.40. The molecule has 1 N–H and O–H groups in total. The third-order valence-electron chi connectivity index (χ3n) is 6.41. The quantitative estimate of drug-likeness (QED) is 0.686. The van der Waals surface area contributed by atoms with Crippen LogP contribution in [-0.2, 0) is 14.3 Å². The van der Waals surface area contributed by atoms with Crippen molar-refractivity contribution in [2.24, 2.45) is 23.7 Å². The van der Waals surface area contributed by atoms with Crippen molar-refractivity contribution in [2.45, 2.75) is 58.6 Å². The number of hydrogen-bond donors (Lipinski definition) is 1. The van der Waals surface area contributed by atoms with Crippen LogP contribution in [0.3, 0.4) is 0 Å². The summed E-state index contributed by atoms with van der Waals surface area (Å²) in [5.74, 6) is 1.20. The van der Waals surface area contributed by atoms with Gasteiger partial charge >= 0.3 is 5.97 Å². The van der Waals surface area contributed by atoms with Crippen molar-refractivity contribution < 1.29 is 19.1 Å². The number of nitrogens with one attached hydrogen (secondary N) is 1. The molecule has 164 valence electrons. The summed E-state index contributed by atoms with van der Waals surface area (Å²) in [7, 11) is 0.